The van der Waals surface area contributed by atoms with Crippen LogP contribution in [-0.4, -0.2) is 45.8 Å². The van der Waals surface area contributed by atoms with Gasteiger partial charge in [0.15, 0.2) is 11.5 Å². The number of nitrogens with one attached hydrogen (secondary N) is 2. The van der Waals surface area contributed by atoms with Crippen molar-refractivity contribution in [3.63, 3.8) is 0 Å². The van der Waals surface area contributed by atoms with Crippen molar-refractivity contribution in [1.29, 1.82) is 0 Å². The number of carbonyl (C=O) groups excluding carboxylic acids is 2. The lowest BCUT2D eigenvalue weighted by Crippen LogP contribution is -2.60. The highest BCUT2D eigenvalue weighted by Gasteiger charge is 2.46. The smallest absolute Gasteiger partial charge is 0.272 e. The number of rotatable bonds is 4. The molecule has 3 heterocycles. The van der Waals surface area contributed by atoms with E-state index in [9.17, 15) is 9.59 Å². The lowest BCUT2D eigenvalue weighted by atomic mass is 9.98. The minimum Gasteiger partial charge on any atom is -0.454 e. The van der Waals surface area contributed by atoms with Gasteiger partial charge < -0.3 is 24.7 Å². The van der Waals surface area contributed by atoms with E-state index in [1.54, 1.807) is 16.7 Å². The number of fused-ring (bicyclic) bond motifs is 4. The van der Waals surface area contributed by atoms with E-state index in [1.807, 2.05) is 49.4 Å². The van der Waals surface area contributed by atoms with Crippen LogP contribution in [-0.2, 0) is 11.3 Å². The van der Waals surface area contributed by atoms with E-state index >= 15 is 0 Å². The summed E-state index contributed by atoms with van der Waals surface area (Å²) >= 11 is 1.58. The Morgan fingerprint density at radius 1 is 1.18 bits per heavy atom. The summed E-state index contributed by atoms with van der Waals surface area (Å²) in [6, 6.07) is 13.8. The number of nitrogens with zero attached hydrogens (tertiary/aromatic N) is 1. The van der Waals surface area contributed by atoms with Crippen LogP contribution in [0.3, 0.4) is 0 Å². The van der Waals surface area contributed by atoms with Crippen molar-refractivity contribution >= 4 is 34.5 Å². The third-order valence-corrected chi connectivity index (χ3v) is 8.59. The molecule has 1 aromatic heterocycles. The molecule has 2 N–H and O–H groups in total. The van der Waals surface area contributed by atoms with Gasteiger partial charge in [0.1, 0.15) is 11.2 Å². The molecule has 8 heteroatoms. The van der Waals surface area contributed by atoms with Gasteiger partial charge in [0.05, 0.1) is 0 Å². The molecule has 6 rings (SSSR count). The van der Waals surface area contributed by atoms with Crippen LogP contribution in [0, 0.1) is 0 Å². The Bertz CT molecular complexity index is 1280. The molecule has 0 saturated heterocycles. The number of hydrogen-bond acceptors (Lipinski definition) is 5. The molecule has 7 nitrogen and oxygen atoms in total. The summed E-state index contributed by atoms with van der Waals surface area (Å²) in [5, 5.41) is 4.26. The van der Waals surface area contributed by atoms with Gasteiger partial charge in [0.2, 0.25) is 12.7 Å². The van der Waals surface area contributed by atoms with Gasteiger partial charge in [-0.15, -0.1) is 11.8 Å². The van der Waals surface area contributed by atoms with E-state index in [1.165, 1.54) is 0 Å². The van der Waals surface area contributed by atoms with Crippen molar-refractivity contribution in [1.82, 2.24) is 15.2 Å². The van der Waals surface area contributed by atoms with E-state index < -0.39 is 5.54 Å². The quantitative estimate of drug-likeness (QED) is 0.580. The van der Waals surface area contributed by atoms with Crippen LogP contribution in [0.15, 0.2) is 47.4 Å². The third kappa shape index (κ3) is 3.52. The second kappa shape index (κ2) is 8.27. The number of H-pyrrole nitrogens is 1. The van der Waals surface area contributed by atoms with Gasteiger partial charge in [0.25, 0.3) is 5.91 Å². The van der Waals surface area contributed by atoms with Crippen LogP contribution in [0.1, 0.15) is 48.7 Å². The second-order valence-corrected chi connectivity index (χ2v) is 10.5. The minimum atomic E-state index is -1.01. The van der Waals surface area contributed by atoms with Gasteiger partial charge in [-0.2, -0.15) is 0 Å². The highest BCUT2D eigenvalue weighted by molar-refractivity contribution is 7.99. The third-order valence-electron chi connectivity index (χ3n) is 7.17. The molecule has 34 heavy (non-hydrogen) atoms. The normalized spacial score (nSPS) is 22.1. The Morgan fingerprint density at radius 2 is 1.97 bits per heavy atom. The van der Waals surface area contributed by atoms with Crippen molar-refractivity contribution in [2.24, 2.45) is 0 Å². The van der Waals surface area contributed by atoms with Gasteiger partial charge in [-0.1, -0.05) is 37.1 Å². The predicted octanol–water partition coefficient (Wildman–Crippen LogP) is 4.46. The lowest BCUT2D eigenvalue weighted by molar-refractivity contribution is -0.131. The molecule has 3 aliphatic rings. The Hall–Kier alpha value is -3.13. The maximum Gasteiger partial charge on any atom is 0.272 e. The molecule has 0 spiro atoms. The summed E-state index contributed by atoms with van der Waals surface area (Å²) in [6.45, 7) is 2.38. The van der Waals surface area contributed by atoms with Gasteiger partial charge in [-0.05, 0) is 43.5 Å². The molecule has 1 saturated carbocycles. The molecule has 2 aliphatic heterocycles. The molecule has 2 aromatic carbocycles. The number of ether oxygens (including phenoxy) is 2. The van der Waals surface area contributed by atoms with Crippen LogP contribution in [0.2, 0.25) is 0 Å². The van der Waals surface area contributed by atoms with Crippen LogP contribution in [0.25, 0.3) is 10.9 Å². The molecular weight excluding hydrogens is 450 g/mol. The number of aromatic nitrogens is 1. The van der Waals surface area contributed by atoms with Crippen LogP contribution < -0.4 is 14.8 Å². The zero-order chi connectivity index (χ0) is 23.3. The summed E-state index contributed by atoms with van der Waals surface area (Å²) in [6.07, 6.45) is 4.25. The monoisotopic (exact) mass is 477 g/mol. The highest BCUT2D eigenvalue weighted by atomic mass is 32.2. The SMILES string of the molecule is C[C@@]1(C(=O)NC2CCCC2)CSc2c([nH]c3ccccc23)C(=O)N1Cc1ccc2c(c1)OCO2. The van der Waals surface area contributed by atoms with E-state index in [4.69, 9.17) is 9.47 Å². The van der Waals surface area contributed by atoms with E-state index in [0.717, 1.165) is 47.0 Å². The Labute approximate surface area is 202 Å². The molecule has 1 atom stereocenters. The number of thioether (sulfide) groups is 1. The van der Waals surface area contributed by atoms with Gasteiger partial charge >= 0.3 is 0 Å². The fourth-order valence-corrected chi connectivity index (χ4v) is 6.46. The van der Waals surface area contributed by atoms with Gasteiger partial charge in [0, 0.05) is 34.1 Å². The molecule has 1 aliphatic carbocycles. The summed E-state index contributed by atoms with van der Waals surface area (Å²) in [7, 11) is 0. The zero-order valence-corrected chi connectivity index (χ0v) is 19.9. The first-order valence-electron chi connectivity index (χ1n) is 11.8. The average molecular weight is 478 g/mol. The number of carbonyl (C=O) groups is 2. The summed E-state index contributed by atoms with van der Waals surface area (Å²) in [5.74, 6) is 1.57. The van der Waals surface area contributed by atoms with Crippen molar-refractivity contribution < 1.29 is 19.1 Å². The van der Waals surface area contributed by atoms with Crippen molar-refractivity contribution in [2.75, 3.05) is 12.5 Å². The van der Waals surface area contributed by atoms with Crippen LogP contribution >= 0.6 is 11.8 Å². The molecule has 2 amide bonds. The zero-order valence-electron chi connectivity index (χ0n) is 19.1. The summed E-state index contributed by atoms with van der Waals surface area (Å²) in [5.41, 5.74) is 1.35. The maximum atomic E-state index is 14.0. The summed E-state index contributed by atoms with van der Waals surface area (Å²) in [4.78, 5) is 33.7. The first kappa shape index (κ1) is 21.4. The maximum absolute atomic E-state index is 14.0. The standard InChI is InChI=1S/C26H27N3O4S/c1-26(25(31)27-17-6-2-3-7-17)14-34-23-18-8-4-5-9-19(18)28-22(23)24(30)29(26)13-16-10-11-20-21(12-16)33-15-32-20/h4-5,8-12,17,28H,2-3,6-7,13-15H2,1H3,(H,27,31)/t26-/m0/s1. The number of para-hydroxylation sites is 1. The van der Waals surface area contributed by atoms with Crippen molar-refractivity contribution in [2.45, 2.75) is 55.6 Å². The lowest BCUT2D eigenvalue weighted by Gasteiger charge is -2.39. The van der Waals surface area contributed by atoms with Gasteiger partial charge in [-0.25, -0.2) is 0 Å². The Morgan fingerprint density at radius 3 is 2.82 bits per heavy atom. The van der Waals surface area contributed by atoms with E-state index in [0.29, 0.717) is 29.5 Å². The van der Waals surface area contributed by atoms with Gasteiger partial charge in [-0.3, -0.25) is 9.59 Å². The Balaban J connectivity index is 1.40. The molecule has 0 unspecified atom stereocenters. The van der Waals surface area contributed by atoms with Crippen LogP contribution in [0.4, 0.5) is 0 Å². The molecule has 176 valence electrons. The molecule has 3 aromatic rings. The Kier molecular flexibility index (Phi) is 5.21. The molecule has 1 fully saturated rings. The van der Waals surface area contributed by atoms with Crippen molar-refractivity contribution in [3.05, 3.63) is 53.7 Å². The molecule has 0 bridgehead atoms. The van der Waals surface area contributed by atoms with E-state index in [-0.39, 0.29) is 24.6 Å². The molecular formula is C26H27N3O4S. The number of hydrogen-bond donors (Lipinski definition) is 2. The minimum absolute atomic E-state index is 0.0875. The average Bonchev–Trinajstić information content (AvgIpc) is 3.58. The second-order valence-electron chi connectivity index (χ2n) is 9.47. The number of benzene rings is 2. The van der Waals surface area contributed by atoms with Crippen molar-refractivity contribution in [3.8, 4) is 11.5 Å². The fraction of sp³-hybridized carbons (Fsp3) is 0.385. The van der Waals surface area contributed by atoms with E-state index in [2.05, 4.69) is 10.3 Å². The fourth-order valence-electron chi connectivity index (χ4n) is 5.13. The highest BCUT2D eigenvalue weighted by Crippen LogP contribution is 2.41. The summed E-state index contributed by atoms with van der Waals surface area (Å²) < 4.78 is 11.0. The predicted molar refractivity (Wildman–Crippen MR) is 130 cm³/mol. The largest absolute Gasteiger partial charge is 0.454 e. The first-order chi connectivity index (χ1) is 16.5. The number of amides is 2. The topological polar surface area (TPSA) is 83.7 Å². The molecule has 0 radical (unpaired) electrons. The number of aromatic amines is 1. The van der Waals surface area contributed by atoms with Crippen LogP contribution in [0.5, 0.6) is 11.5 Å². The first-order valence-corrected chi connectivity index (χ1v) is 12.8.